The van der Waals surface area contributed by atoms with E-state index in [2.05, 4.69) is 20.9 Å². The van der Waals surface area contributed by atoms with E-state index in [1.165, 1.54) is 23.5 Å². The summed E-state index contributed by atoms with van der Waals surface area (Å²) in [6.07, 6.45) is -1.19. The Bertz CT molecular complexity index is 1330. The lowest BCUT2D eigenvalue weighted by atomic mass is 10.0. The Balaban J connectivity index is 0.000000377. The molecule has 7 N–H and O–H groups in total. The molecule has 0 saturated carbocycles. The zero-order valence-corrected chi connectivity index (χ0v) is 25.1. The van der Waals surface area contributed by atoms with Crippen molar-refractivity contribution in [2.24, 2.45) is 11.6 Å². The Kier molecular flexibility index (Phi) is 11.6. The topological polar surface area (TPSA) is 131 Å². The number of hydrogen-bond acceptors (Lipinski definition) is 9. The van der Waals surface area contributed by atoms with E-state index in [9.17, 15) is 18.0 Å². The Labute approximate surface area is 242 Å². The number of amides is 1. The largest absolute Gasteiger partial charge is 0.494 e. The minimum absolute atomic E-state index is 0.0198. The van der Waals surface area contributed by atoms with E-state index in [-0.39, 0.29) is 23.5 Å². The van der Waals surface area contributed by atoms with Gasteiger partial charge in [-0.2, -0.15) is 13.2 Å². The van der Waals surface area contributed by atoms with Gasteiger partial charge < -0.3 is 31.4 Å². The number of methoxy groups -OCH3 is 1. The summed E-state index contributed by atoms with van der Waals surface area (Å²) in [6, 6.07) is 8.69. The SMILES string of the molecule is CNc1ncc(/C(N)=C/N(C)N)s1.COc1c(CNC(C)(C)C)cc(C(F)(F)F)cc1NC(=O)c1ccc(C)cc1. The third-order valence-corrected chi connectivity index (χ3v) is 6.48. The van der Waals surface area contributed by atoms with Crippen molar-refractivity contribution >= 4 is 33.8 Å². The van der Waals surface area contributed by atoms with E-state index in [0.717, 1.165) is 27.7 Å². The molecule has 41 heavy (non-hydrogen) atoms. The molecule has 0 aliphatic rings. The fraction of sp³-hybridized carbons (Fsp3) is 0.357. The van der Waals surface area contributed by atoms with E-state index in [0.29, 0.717) is 16.8 Å². The number of hydrazine groups is 1. The molecule has 0 aliphatic heterocycles. The van der Waals surface area contributed by atoms with Crippen LogP contribution >= 0.6 is 11.3 Å². The van der Waals surface area contributed by atoms with Gasteiger partial charge in [0.15, 0.2) is 5.13 Å². The Morgan fingerprint density at radius 3 is 2.29 bits per heavy atom. The van der Waals surface area contributed by atoms with Crippen molar-refractivity contribution in [1.29, 1.82) is 0 Å². The van der Waals surface area contributed by atoms with E-state index < -0.39 is 17.6 Å². The second-order valence-electron chi connectivity index (χ2n) is 10.2. The highest BCUT2D eigenvalue weighted by Gasteiger charge is 2.33. The van der Waals surface area contributed by atoms with Crippen LogP contribution in [0.4, 0.5) is 24.0 Å². The van der Waals surface area contributed by atoms with Gasteiger partial charge in [0.25, 0.3) is 5.91 Å². The highest BCUT2D eigenvalue weighted by molar-refractivity contribution is 7.16. The van der Waals surface area contributed by atoms with E-state index >= 15 is 0 Å². The van der Waals surface area contributed by atoms with E-state index in [1.54, 1.807) is 43.7 Å². The van der Waals surface area contributed by atoms with Crippen LogP contribution in [0, 0.1) is 6.92 Å². The molecule has 1 amide bonds. The van der Waals surface area contributed by atoms with Gasteiger partial charge in [0.2, 0.25) is 0 Å². The molecule has 0 atom stereocenters. The molecule has 0 saturated heterocycles. The molecule has 3 rings (SSSR count). The Hall–Kier alpha value is -3.81. The second-order valence-corrected chi connectivity index (χ2v) is 11.2. The number of anilines is 2. The van der Waals surface area contributed by atoms with Crippen LogP contribution in [-0.2, 0) is 12.7 Å². The molecule has 9 nitrogen and oxygen atoms in total. The average Bonchev–Trinajstić information content (AvgIpc) is 3.36. The van der Waals surface area contributed by atoms with Crippen molar-refractivity contribution < 1.29 is 22.7 Å². The smallest absolute Gasteiger partial charge is 0.416 e. The quantitative estimate of drug-likeness (QED) is 0.173. The first-order valence-corrected chi connectivity index (χ1v) is 13.4. The summed E-state index contributed by atoms with van der Waals surface area (Å²) < 4.78 is 45.5. The van der Waals surface area contributed by atoms with Crippen molar-refractivity contribution in [3.8, 4) is 5.75 Å². The minimum atomic E-state index is -4.55. The molecule has 224 valence electrons. The molecular weight excluding hydrogens is 555 g/mol. The van der Waals surface area contributed by atoms with Crippen LogP contribution in [0.5, 0.6) is 5.75 Å². The van der Waals surface area contributed by atoms with Gasteiger partial charge in [-0.3, -0.25) is 4.79 Å². The molecule has 0 aliphatic carbocycles. The normalized spacial score (nSPS) is 11.8. The van der Waals surface area contributed by atoms with Crippen LogP contribution in [0.15, 0.2) is 48.8 Å². The maximum absolute atomic E-state index is 13.4. The van der Waals surface area contributed by atoms with E-state index in [1.807, 2.05) is 34.7 Å². The van der Waals surface area contributed by atoms with Gasteiger partial charge in [0.05, 0.1) is 28.9 Å². The number of aromatic nitrogens is 1. The summed E-state index contributed by atoms with van der Waals surface area (Å²) in [5.74, 6) is 5.11. The van der Waals surface area contributed by atoms with E-state index in [4.69, 9.17) is 16.3 Å². The average molecular weight is 594 g/mol. The molecular formula is C28H38F3N7O2S. The number of nitrogens with two attached hydrogens (primary N) is 2. The third-order valence-electron chi connectivity index (χ3n) is 5.42. The fourth-order valence-corrected chi connectivity index (χ4v) is 4.08. The number of alkyl halides is 3. The molecule has 0 spiro atoms. The molecule has 0 unspecified atom stereocenters. The van der Waals surface area contributed by atoms with Crippen LogP contribution < -0.4 is 32.3 Å². The first-order valence-electron chi connectivity index (χ1n) is 12.5. The number of nitrogens with one attached hydrogen (secondary N) is 3. The number of rotatable bonds is 8. The number of aryl methyl sites for hydroxylation is 1. The van der Waals surface area contributed by atoms with Gasteiger partial charge in [-0.1, -0.05) is 29.0 Å². The standard InChI is InChI=1S/C21H25F3N2O2.C7H13N5S/c1-13-6-8-14(9-7-13)19(27)26-17-11-16(21(22,23)24)10-15(18(17)28-5)12-25-20(2,3)4;1-10-7-11-3-6(13-7)5(8)4-12(2)9/h6-11,25H,12H2,1-5H3,(H,26,27);3-4H,8-9H2,1-2H3,(H,10,11)/b;5-4-. The first kappa shape index (κ1) is 33.4. The van der Waals surface area contributed by atoms with Crippen molar-refractivity contribution in [3.05, 3.63) is 75.9 Å². The maximum atomic E-state index is 13.4. The number of ether oxygens (including phenoxy) is 1. The van der Waals surface area contributed by atoms with Gasteiger partial charge in [0, 0.05) is 49.7 Å². The number of carbonyl (C=O) groups excluding carboxylic acids is 1. The number of thiazole rings is 1. The summed E-state index contributed by atoms with van der Waals surface area (Å²) in [4.78, 5) is 17.5. The minimum Gasteiger partial charge on any atom is -0.494 e. The summed E-state index contributed by atoms with van der Waals surface area (Å²) in [5, 5.41) is 10.9. The molecule has 1 aromatic heterocycles. The summed E-state index contributed by atoms with van der Waals surface area (Å²) in [7, 11) is 4.90. The van der Waals surface area contributed by atoms with Crippen LogP contribution in [0.25, 0.3) is 5.70 Å². The van der Waals surface area contributed by atoms with Gasteiger partial charge in [-0.05, 0) is 52.0 Å². The summed E-state index contributed by atoms with van der Waals surface area (Å²) >= 11 is 1.49. The number of hydrogen-bond donors (Lipinski definition) is 5. The van der Waals surface area contributed by atoms with Crippen molar-refractivity contribution in [3.63, 3.8) is 0 Å². The van der Waals surface area contributed by atoms with Crippen molar-refractivity contribution in [1.82, 2.24) is 15.3 Å². The van der Waals surface area contributed by atoms with Crippen LogP contribution in [0.1, 0.15) is 52.7 Å². The monoisotopic (exact) mass is 593 g/mol. The summed E-state index contributed by atoms with van der Waals surface area (Å²) in [6.45, 7) is 7.77. The third kappa shape index (κ3) is 10.6. The van der Waals surface area contributed by atoms with Gasteiger partial charge in [0.1, 0.15) is 5.75 Å². The van der Waals surface area contributed by atoms with Crippen LogP contribution in [-0.4, -0.2) is 42.6 Å². The number of nitrogens with zero attached hydrogens (tertiary/aromatic N) is 2. The van der Waals surface area contributed by atoms with Gasteiger partial charge in [-0.25, -0.2) is 10.8 Å². The molecule has 0 bridgehead atoms. The highest BCUT2D eigenvalue weighted by atomic mass is 32.1. The van der Waals surface area contributed by atoms with Gasteiger partial charge in [-0.15, -0.1) is 0 Å². The lowest BCUT2D eigenvalue weighted by molar-refractivity contribution is -0.137. The molecule has 0 radical (unpaired) electrons. The Morgan fingerprint density at radius 2 is 1.80 bits per heavy atom. The van der Waals surface area contributed by atoms with Crippen molar-refractivity contribution in [2.45, 2.75) is 46.0 Å². The Morgan fingerprint density at radius 1 is 1.17 bits per heavy atom. The highest BCUT2D eigenvalue weighted by Crippen LogP contribution is 2.38. The maximum Gasteiger partial charge on any atom is 0.416 e. The van der Waals surface area contributed by atoms with Crippen molar-refractivity contribution in [2.75, 3.05) is 31.8 Å². The predicted molar refractivity (Wildman–Crippen MR) is 159 cm³/mol. The van der Waals surface area contributed by atoms with Crippen LogP contribution in [0.3, 0.4) is 0 Å². The fourth-order valence-electron chi connectivity index (χ4n) is 3.38. The second kappa shape index (κ2) is 14.2. The first-order chi connectivity index (χ1) is 19.0. The zero-order chi connectivity index (χ0) is 31.0. The lowest BCUT2D eigenvalue weighted by Gasteiger charge is -2.23. The van der Waals surface area contributed by atoms with Gasteiger partial charge >= 0.3 is 6.18 Å². The van der Waals surface area contributed by atoms with Crippen LogP contribution in [0.2, 0.25) is 0 Å². The number of halogens is 3. The summed E-state index contributed by atoms with van der Waals surface area (Å²) in [5.41, 5.74) is 6.83. The lowest BCUT2D eigenvalue weighted by Crippen LogP contribution is -2.35. The predicted octanol–water partition coefficient (Wildman–Crippen LogP) is 5.41. The molecule has 0 fully saturated rings. The molecule has 13 heteroatoms. The zero-order valence-electron chi connectivity index (χ0n) is 24.2. The number of benzene rings is 2. The molecule has 3 aromatic rings. The molecule has 2 aromatic carbocycles. The number of carbonyl (C=O) groups is 1. The molecule has 1 heterocycles.